The van der Waals surface area contributed by atoms with E-state index in [1.807, 2.05) is 0 Å². The molecule has 0 radical (unpaired) electrons. The number of sulfonamides is 1. The van der Waals surface area contributed by atoms with Crippen molar-refractivity contribution in [1.82, 2.24) is 4.72 Å². The Morgan fingerprint density at radius 2 is 1.95 bits per heavy atom. The van der Waals surface area contributed by atoms with E-state index in [0.717, 1.165) is 12.8 Å². The van der Waals surface area contributed by atoms with Crippen molar-refractivity contribution in [3.8, 4) is 0 Å². The van der Waals surface area contributed by atoms with Crippen LogP contribution in [0.5, 0.6) is 0 Å². The average Bonchev–Trinajstić information content (AvgIpc) is 3.02. The van der Waals surface area contributed by atoms with Crippen LogP contribution in [0.1, 0.15) is 42.8 Å². The zero-order valence-corrected chi connectivity index (χ0v) is 13.3. The van der Waals surface area contributed by atoms with E-state index in [0.29, 0.717) is 23.7 Å². The van der Waals surface area contributed by atoms with Gasteiger partial charge < -0.3 is 14.3 Å². The molecule has 0 aromatic carbocycles. The van der Waals surface area contributed by atoms with Crippen LogP contribution in [0.15, 0.2) is 9.31 Å². The number of furan rings is 1. The van der Waals surface area contributed by atoms with E-state index in [2.05, 4.69) is 4.72 Å². The summed E-state index contributed by atoms with van der Waals surface area (Å²) in [5.41, 5.74) is 0.316. The Morgan fingerprint density at radius 1 is 1.29 bits per heavy atom. The van der Waals surface area contributed by atoms with Gasteiger partial charge in [0.1, 0.15) is 16.4 Å². The van der Waals surface area contributed by atoms with Crippen molar-refractivity contribution >= 4 is 10.0 Å². The fourth-order valence-electron chi connectivity index (χ4n) is 2.77. The molecule has 1 aliphatic carbocycles. The molecule has 1 heterocycles. The van der Waals surface area contributed by atoms with Gasteiger partial charge in [-0.05, 0) is 26.7 Å². The molecule has 1 saturated carbocycles. The first-order chi connectivity index (χ1) is 9.95. The van der Waals surface area contributed by atoms with Crippen LogP contribution in [0.25, 0.3) is 0 Å². The summed E-state index contributed by atoms with van der Waals surface area (Å²) in [4.78, 5) is 0.0448. The first-order valence-electron chi connectivity index (χ1n) is 7.26. The maximum absolute atomic E-state index is 12.3. The summed E-state index contributed by atoms with van der Waals surface area (Å²) >= 11 is 0. The molecule has 0 saturated heterocycles. The summed E-state index contributed by atoms with van der Waals surface area (Å²) in [5, 5.41) is 9.31. The number of ether oxygens (including phenoxy) is 1. The molecule has 1 aromatic rings. The fourth-order valence-corrected chi connectivity index (χ4v) is 4.22. The molecule has 0 unspecified atom stereocenters. The van der Waals surface area contributed by atoms with Crippen LogP contribution < -0.4 is 4.72 Å². The van der Waals surface area contributed by atoms with Crippen molar-refractivity contribution < 1.29 is 22.7 Å². The molecule has 120 valence electrons. The van der Waals surface area contributed by atoms with Gasteiger partial charge in [0, 0.05) is 12.1 Å². The summed E-state index contributed by atoms with van der Waals surface area (Å²) in [6.45, 7) is 3.43. The van der Waals surface area contributed by atoms with Crippen molar-refractivity contribution in [3.05, 3.63) is 17.1 Å². The van der Waals surface area contributed by atoms with Crippen LogP contribution in [0.3, 0.4) is 0 Å². The van der Waals surface area contributed by atoms with Crippen LogP contribution in [0.4, 0.5) is 0 Å². The highest BCUT2D eigenvalue weighted by Gasteiger charge is 2.26. The Labute approximate surface area is 125 Å². The minimum atomic E-state index is -3.69. The number of aryl methyl sites for hydroxylation is 2. The van der Waals surface area contributed by atoms with Crippen LogP contribution in [0.2, 0.25) is 0 Å². The Bertz CT molecular complexity index is 572. The predicted octanol–water partition coefficient (Wildman–Crippen LogP) is 1.63. The van der Waals surface area contributed by atoms with E-state index < -0.39 is 10.0 Å². The number of nitrogens with one attached hydrogen (secondary N) is 1. The van der Waals surface area contributed by atoms with E-state index >= 15 is 0 Å². The van der Waals surface area contributed by atoms with Crippen LogP contribution >= 0.6 is 0 Å². The summed E-state index contributed by atoms with van der Waals surface area (Å²) in [5.74, 6) is 0.721. The largest absolute Gasteiger partial charge is 0.465 e. The Morgan fingerprint density at radius 3 is 2.57 bits per heavy atom. The SMILES string of the molecule is Cc1oc(C)c(S(=O)(=O)NCCOC2CCCC2)c1CO. The molecule has 0 aliphatic heterocycles. The number of hydrogen-bond acceptors (Lipinski definition) is 5. The number of rotatable bonds is 7. The lowest BCUT2D eigenvalue weighted by Gasteiger charge is -2.12. The average molecular weight is 317 g/mol. The van der Waals surface area contributed by atoms with Gasteiger partial charge in [-0.3, -0.25) is 0 Å². The van der Waals surface area contributed by atoms with Crippen LogP contribution in [-0.2, 0) is 21.4 Å². The van der Waals surface area contributed by atoms with Gasteiger partial charge in [0.15, 0.2) is 0 Å². The minimum absolute atomic E-state index is 0.0448. The summed E-state index contributed by atoms with van der Waals surface area (Å²) in [7, 11) is -3.69. The zero-order valence-electron chi connectivity index (χ0n) is 12.5. The monoisotopic (exact) mass is 317 g/mol. The first-order valence-corrected chi connectivity index (χ1v) is 8.75. The van der Waals surface area contributed by atoms with Crippen LogP contribution in [0, 0.1) is 13.8 Å². The molecular formula is C14H23NO5S. The van der Waals surface area contributed by atoms with E-state index in [9.17, 15) is 13.5 Å². The van der Waals surface area contributed by atoms with Crippen molar-refractivity contribution in [1.29, 1.82) is 0 Å². The minimum Gasteiger partial charge on any atom is -0.465 e. The standard InChI is InChI=1S/C14H23NO5S/c1-10-13(9-16)14(11(2)20-10)21(17,18)15-7-8-19-12-5-3-4-6-12/h12,15-16H,3-9H2,1-2H3. The topological polar surface area (TPSA) is 88.8 Å². The highest BCUT2D eigenvalue weighted by atomic mass is 32.2. The molecule has 0 bridgehead atoms. The van der Waals surface area contributed by atoms with Gasteiger partial charge in [-0.15, -0.1) is 0 Å². The van der Waals surface area contributed by atoms with Crippen molar-refractivity contribution in [3.63, 3.8) is 0 Å². The zero-order chi connectivity index (χ0) is 15.5. The molecule has 0 amide bonds. The van der Waals surface area contributed by atoms with E-state index in [1.165, 1.54) is 12.8 Å². The van der Waals surface area contributed by atoms with Crippen LogP contribution in [-0.4, -0.2) is 32.8 Å². The smallest absolute Gasteiger partial charge is 0.244 e. The lowest BCUT2D eigenvalue weighted by atomic mass is 10.2. The first kappa shape index (κ1) is 16.5. The molecule has 2 rings (SSSR count). The van der Waals surface area contributed by atoms with Crippen molar-refractivity contribution in [2.24, 2.45) is 0 Å². The molecule has 1 aromatic heterocycles. The Kier molecular flexibility index (Phi) is 5.43. The lowest BCUT2D eigenvalue weighted by molar-refractivity contribution is 0.0626. The van der Waals surface area contributed by atoms with E-state index in [4.69, 9.17) is 9.15 Å². The quantitative estimate of drug-likeness (QED) is 0.746. The third-order valence-electron chi connectivity index (χ3n) is 3.80. The van der Waals surface area contributed by atoms with E-state index in [1.54, 1.807) is 13.8 Å². The molecule has 2 N–H and O–H groups in total. The summed E-state index contributed by atoms with van der Waals surface area (Å²) in [6, 6.07) is 0. The molecule has 6 nitrogen and oxygen atoms in total. The maximum atomic E-state index is 12.3. The molecule has 0 atom stereocenters. The van der Waals surface area contributed by atoms with Gasteiger partial charge in [0.05, 0.1) is 19.3 Å². The normalized spacial score (nSPS) is 16.7. The van der Waals surface area contributed by atoms with Gasteiger partial charge >= 0.3 is 0 Å². The third-order valence-corrected chi connectivity index (χ3v) is 5.46. The molecule has 7 heteroatoms. The second-order valence-corrected chi connectivity index (χ2v) is 7.06. The fraction of sp³-hybridized carbons (Fsp3) is 0.714. The molecule has 1 aliphatic rings. The number of aliphatic hydroxyl groups is 1. The maximum Gasteiger partial charge on any atom is 0.244 e. The van der Waals surface area contributed by atoms with E-state index in [-0.39, 0.29) is 24.2 Å². The lowest BCUT2D eigenvalue weighted by Crippen LogP contribution is -2.29. The molecule has 0 spiro atoms. The van der Waals surface area contributed by atoms with Gasteiger partial charge in [-0.1, -0.05) is 12.8 Å². The second-order valence-electron chi connectivity index (χ2n) is 5.36. The number of hydrogen-bond donors (Lipinski definition) is 2. The predicted molar refractivity (Wildman–Crippen MR) is 77.5 cm³/mol. The summed E-state index contributed by atoms with van der Waals surface area (Å²) in [6.07, 6.45) is 4.75. The Balaban J connectivity index is 1.95. The summed E-state index contributed by atoms with van der Waals surface area (Å²) < 4.78 is 38.0. The molecule has 1 fully saturated rings. The highest BCUT2D eigenvalue weighted by molar-refractivity contribution is 7.89. The van der Waals surface area contributed by atoms with Gasteiger partial charge in [0.25, 0.3) is 0 Å². The van der Waals surface area contributed by atoms with Gasteiger partial charge in [0.2, 0.25) is 10.0 Å². The highest BCUT2D eigenvalue weighted by Crippen LogP contribution is 2.26. The molecule has 21 heavy (non-hydrogen) atoms. The second kappa shape index (κ2) is 6.91. The van der Waals surface area contributed by atoms with Gasteiger partial charge in [-0.2, -0.15) is 0 Å². The van der Waals surface area contributed by atoms with Gasteiger partial charge in [-0.25, -0.2) is 13.1 Å². The van der Waals surface area contributed by atoms with Crippen molar-refractivity contribution in [2.75, 3.05) is 13.2 Å². The molecular weight excluding hydrogens is 294 g/mol. The number of aliphatic hydroxyl groups excluding tert-OH is 1. The van der Waals surface area contributed by atoms with Crippen molar-refractivity contribution in [2.45, 2.75) is 57.1 Å². The third kappa shape index (κ3) is 3.85. The Hall–Kier alpha value is -0.890.